The molecule has 0 aliphatic carbocycles. The number of nitrogens with zero attached hydrogens (tertiary/aromatic N) is 3. The number of hydrogen-bond acceptors (Lipinski definition) is 5. The zero-order valence-corrected chi connectivity index (χ0v) is 15.9. The fourth-order valence-corrected chi connectivity index (χ4v) is 4.17. The molecule has 3 heterocycles. The minimum Gasteiger partial charge on any atom is -0.348 e. The number of piperidine rings is 1. The maximum atomic E-state index is 12.5. The molecule has 2 aliphatic heterocycles. The van der Waals surface area contributed by atoms with Gasteiger partial charge in [0.1, 0.15) is 0 Å². The second-order valence-corrected chi connectivity index (χ2v) is 8.04. The van der Waals surface area contributed by atoms with Gasteiger partial charge in [-0.1, -0.05) is 13.0 Å². The van der Waals surface area contributed by atoms with Gasteiger partial charge in [-0.2, -0.15) is 0 Å². The van der Waals surface area contributed by atoms with Gasteiger partial charge in [0.05, 0.1) is 11.6 Å². The Morgan fingerprint density at radius 1 is 1.36 bits per heavy atom. The van der Waals surface area contributed by atoms with Gasteiger partial charge in [0.15, 0.2) is 0 Å². The van der Waals surface area contributed by atoms with E-state index in [0.717, 1.165) is 43.9 Å². The molecule has 2 atom stereocenters. The van der Waals surface area contributed by atoms with Crippen molar-refractivity contribution in [1.29, 1.82) is 0 Å². The third-order valence-corrected chi connectivity index (χ3v) is 5.82. The number of aryl methyl sites for hydroxylation is 1. The van der Waals surface area contributed by atoms with Crippen LogP contribution in [0.15, 0.2) is 18.2 Å². The Hall–Kier alpha value is -1.50. The summed E-state index contributed by atoms with van der Waals surface area (Å²) in [7, 11) is 3.69. The van der Waals surface area contributed by atoms with Gasteiger partial charge in [-0.05, 0) is 50.4 Å². The Morgan fingerprint density at radius 2 is 2.08 bits per heavy atom. The van der Waals surface area contributed by atoms with Gasteiger partial charge in [-0.25, -0.2) is 0 Å². The van der Waals surface area contributed by atoms with Crippen LogP contribution in [0.5, 0.6) is 0 Å². The van der Waals surface area contributed by atoms with Gasteiger partial charge >= 0.3 is 0 Å². The standard InChI is InChI=1S/C19H31N5O/c1-14-6-5-7-15(21-14)13-24-10-8-19(2,9-11-24)17-16(12-20-22-17)18(25)23(3)4/h5-7,16-17,20,22H,8-13H2,1-4H3. The van der Waals surface area contributed by atoms with Crippen molar-refractivity contribution >= 4 is 5.91 Å². The third kappa shape index (κ3) is 4.02. The van der Waals surface area contributed by atoms with Crippen LogP contribution in [-0.2, 0) is 11.3 Å². The number of nitrogens with one attached hydrogen (secondary N) is 2. The maximum Gasteiger partial charge on any atom is 0.228 e. The number of carbonyl (C=O) groups excluding carboxylic acids is 1. The highest BCUT2D eigenvalue weighted by atomic mass is 16.2. The zero-order valence-electron chi connectivity index (χ0n) is 15.9. The molecule has 2 aliphatic rings. The molecule has 138 valence electrons. The van der Waals surface area contributed by atoms with Crippen LogP contribution < -0.4 is 10.9 Å². The van der Waals surface area contributed by atoms with E-state index in [9.17, 15) is 4.79 Å². The van der Waals surface area contributed by atoms with Crippen molar-refractivity contribution < 1.29 is 4.79 Å². The molecule has 0 spiro atoms. The molecular formula is C19H31N5O. The average molecular weight is 345 g/mol. The summed E-state index contributed by atoms with van der Waals surface area (Å²) in [6.45, 7) is 8.09. The highest BCUT2D eigenvalue weighted by Gasteiger charge is 2.46. The third-order valence-electron chi connectivity index (χ3n) is 5.82. The van der Waals surface area contributed by atoms with E-state index in [1.165, 1.54) is 0 Å². The molecule has 6 heteroatoms. The largest absolute Gasteiger partial charge is 0.348 e. The number of amides is 1. The topological polar surface area (TPSA) is 60.5 Å². The average Bonchev–Trinajstić information content (AvgIpc) is 3.07. The lowest BCUT2D eigenvalue weighted by Crippen LogP contribution is -2.53. The molecule has 6 nitrogen and oxygen atoms in total. The van der Waals surface area contributed by atoms with E-state index in [1.54, 1.807) is 4.90 Å². The summed E-state index contributed by atoms with van der Waals surface area (Å²) in [5.41, 5.74) is 8.97. The summed E-state index contributed by atoms with van der Waals surface area (Å²) in [6, 6.07) is 6.42. The second kappa shape index (κ2) is 7.40. The molecule has 1 aromatic heterocycles. The first-order valence-electron chi connectivity index (χ1n) is 9.23. The molecule has 3 rings (SSSR count). The van der Waals surface area contributed by atoms with Crippen molar-refractivity contribution in [1.82, 2.24) is 25.6 Å². The molecule has 0 radical (unpaired) electrons. The van der Waals surface area contributed by atoms with Crippen LogP contribution in [0.2, 0.25) is 0 Å². The lowest BCUT2D eigenvalue weighted by Gasteiger charge is -2.44. The minimum atomic E-state index is 0.0185. The molecule has 2 N–H and O–H groups in total. The number of carbonyl (C=O) groups is 1. The predicted octanol–water partition coefficient (Wildman–Crippen LogP) is 1.17. The van der Waals surface area contributed by atoms with Crippen molar-refractivity contribution in [3.63, 3.8) is 0 Å². The van der Waals surface area contributed by atoms with Gasteiger partial charge in [-0.3, -0.25) is 25.5 Å². The summed E-state index contributed by atoms with van der Waals surface area (Å²) in [5, 5.41) is 0. The molecule has 1 amide bonds. The Balaban J connectivity index is 1.61. The first kappa shape index (κ1) is 18.3. The number of hydrogen-bond donors (Lipinski definition) is 2. The van der Waals surface area contributed by atoms with Gasteiger partial charge in [-0.15, -0.1) is 0 Å². The number of aromatic nitrogens is 1. The SMILES string of the molecule is Cc1cccc(CN2CCC(C)(C3NNCC3C(=O)N(C)C)CC2)n1. The van der Waals surface area contributed by atoms with E-state index in [1.807, 2.05) is 27.1 Å². The number of likely N-dealkylation sites (tertiary alicyclic amines) is 1. The van der Waals surface area contributed by atoms with Crippen molar-refractivity contribution in [3.8, 4) is 0 Å². The van der Waals surface area contributed by atoms with Crippen LogP contribution in [0.3, 0.4) is 0 Å². The maximum absolute atomic E-state index is 12.5. The van der Waals surface area contributed by atoms with Gasteiger partial charge in [0.2, 0.25) is 5.91 Å². The lowest BCUT2D eigenvalue weighted by molar-refractivity contribution is -0.134. The number of pyridine rings is 1. The Bertz CT molecular complexity index is 610. The van der Waals surface area contributed by atoms with E-state index in [2.05, 4.69) is 39.8 Å². The predicted molar refractivity (Wildman–Crippen MR) is 98.7 cm³/mol. The van der Waals surface area contributed by atoms with Crippen LogP contribution in [-0.4, -0.2) is 60.5 Å². The quantitative estimate of drug-likeness (QED) is 0.858. The zero-order chi connectivity index (χ0) is 18.0. The summed E-state index contributed by atoms with van der Waals surface area (Å²) in [6.07, 6.45) is 2.19. The van der Waals surface area contributed by atoms with Crippen LogP contribution in [0.4, 0.5) is 0 Å². The Kier molecular flexibility index (Phi) is 5.41. The summed E-state index contributed by atoms with van der Waals surface area (Å²) in [5.74, 6) is 0.236. The summed E-state index contributed by atoms with van der Waals surface area (Å²) >= 11 is 0. The van der Waals surface area contributed by atoms with Crippen molar-refractivity contribution in [2.75, 3.05) is 33.7 Å². The second-order valence-electron chi connectivity index (χ2n) is 8.04. The van der Waals surface area contributed by atoms with Gasteiger partial charge < -0.3 is 4.90 Å². The van der Waals surface area contributed by atoms with Crippen molar-refractivity contribution in [3.05, 3.63) is 29.6 Å². The molecule has 1 aromatic rings. The molecular weight excluding hydrogens is 314 g/mol. The highest BCUT2D eigenvalue weighted by Crippen LogP contribution is 2.39. The van der Waals surface area contributed by atoms with Crippen LogP contribution >= 0.6 is 0 Å². The van der Waals surface area contributed by atoms with E-state index in [4.69, 9.17) is 0 Å². The van der Waals surface area contributed by atoms with Crippen LogP contribution in [0.1, 0.15) is 31.2 Å². The minimum absolute atomic E-state index is 0.0185. The molecule has 0 bridgehead atoms. The molecule has 25 heavy (non-hydrogen) atoms. The molecule has 2 saturated heterocycles. The fourth-order valence-electron chi connectivity index (χ4n) is 4.17. The van der Waals surface area contributed by atoms with Crippen molar-refractivity contribution in [2.24, 2.45) is 11.3 Å². The summed E-state index contributed by atoms with van der Waals surface area (Å²) < 4.78 is 0. The lowest BCUT2D eigenvalue weighted by atomic mass is 9.70. The molecule has 2 fully saturated rings. The highest BCUT2D eigenvalue weighted by molar-refractivity contribution is 5.79. The van der Waals surface area contributed by atoms with Crippen LogP contribution in [0.25, 0.3) is 0 Å². The molecule has 0 saturated carbocycles. The monoisotopic (exact) mass is 345 g/mol. The van der Waals surface area contributed by atoms with E-state index >= 15 is 0 Å². The summed E-state index contributed by atoms with van der Waals surface area (Å²) in [4.78, 5) is 21.3. The van der Waals surface area contributed by atoms with Crippen molar-refractivity contribution in [2.45, 2.75) is 39.3 Å². The Morgan fingerprint density at radius 3 is 2.72 bits per heavy atom. The molecule has 0 aromatic carbocycles. The van der Waals surface area contributed by atoms with Crippen LogP contribution in [0, 0.1) is 18.3 Å². The normalized spacial score (nSPS) is 26.6. The smallest absolute Gasteiger partial charge is 0.228 e. The van der Waals surface area contributed by atoms with E-state index in [-0.39, 0.29) is 23.3 Å². The van der Waals surface area contributed by atoms with Gasteiger partial charge in [0, 0.05) is 38.9 Å². The number of hydrazine groups is 1. The van der Waals surface area contributed by atoms with E-state index < -0.39 is 0 Å². The molecule has 2 unspecified atom stereocenters. The van der Waals surface area contributed by atoms with Gasteiger partial charge in [0.25, 0.3) is 0 Å². The van der Waals surface area contributed by atoms with E-state index in [0.29, 0.717) is 6.54 Å². The number of rotatable bonds is 4. The Labute approximate surface area is 150 Å². The fraction of sp³-hybridized carbons (Fsp3) is 0.684. The first-order chi connectivity index (χ1) is 11.9. The first-order valence-corrected chi connectivity index (χ1v) is 9.23.